The van der Waals surface area contributed by atoms with E-state index in [1.807, 2.05) is 48.5 Å². The molecule has 0 bridgehead atoms. The van der Waals surface area contributed by atoms with Gasteiger partial charge in [-0.1, -0.05) is 20.8 Å². The van der Waals surface area contributed by atoms with Gasteiger partial charge < -0.3 is 15.2 Å². The van der Waals surface area contributed by atoms with E-state index in [0.717, 1.165) is 6.26 Å². The van der Waals surface area contributed by atoms with Gasteiger partial charge in [-0.15, -0.1) is 0 Å². The summed E-state index contributed by atoms with van der Waals surface area (Å²) in [7, 11) is -3.46. The Morgan fingerprint density at radius 1 is 1.12 bits per heavy atom. The van der Waals surface area contributed by atoms with E-state index in [2.05, 4.69) is 0 Å². The SMILES string of the molecule is C[C@H](O[C@H](COC(=O)[C@@H](C)N)CN(C(C)(C)C)S(C)(=O)=O)C(C)(C)C. The van der Waals surface area contributed by atoms with Crippen LogP contribution in [0.4, 0.5) is 0 Å². The van der Waals surface area contributed by atoms with Crippen molar-refractivity contribution in [2.45, 2.75) is 79.2 Å². The number of ether oxygens (including phenoxy) is 2. The Labute approximate surface area is 153 Å². The molecule has 0 amide bonds. The van der Waals surface area contributed by atoms with Crippen LogP contribution in [0.15, 0.2) is 0 Å². The van der Waals surface area contributed by atoms with E-state index in [-0.39, 0.29) is 24.7 Å². The second kappa shape index (κ2) is 8.79. The van der Waals surface area contributed by atoms with Gasteiger partial charge in [0.1, 0.15) is 18.8 Å². The van der Waals surface area contributed by atoms with Gasteiger partial charge in [0.25, 0.3) is 0 Å². The zero-order valence-electron chi connectivity index (χ0n) is 17.1. The fraction of sp³-hybridized carbons (Fsp3) is 0.941. The molecular formula is C17H36N2O5S. The lowest BCUT2D eigenvalue weighted by molar-refractivity contribution is -0.153. The van der Waals surface area contributed by atoms with Gasteiger partial charge in [0.15, 0.2) is 0 Å². The molecule has 25 heavy (non-hydrogen) atoms. The van der Waals surface area contributed by atoms with Gasteiger partial charge in [0.2, 0.25) is 10.0 Å². The van der Waals surface area contributed by atoms with Crippen LogP contribution in [0.25, 0.3) is 0 Å². The molecule has 0 aromatic carbocycles. The summed E-state index contributed by atoms with van der Waals surface area (Å²) < 4.78 is 37.0. The van der Waals surface area contributed by atoms with Crippen LogP contribution in [0, 0.1) is 5.41 Å². The summed E-state index contributed by atoms with van der Waals surface area (Å²) in [6, 6.07) is -0.741. The standard InChI is InChI=1S/C17H36N2O5S/c1-12(18)15(20)23-11-14(24-13(2)16(3,4)5)10-19(17(6,7)8)25(9,21)22/h12-14H,10-11,18H2,1-9H3/t12-,13+,14+/m1/s1. The molecule has 0 heterocycles. The van der Waals surface area contributed by atoms with Gasteiger partial charge in [-0.3, -0.25) is 4.79 Å². The molecule has 0 aromatic heterocycles. The van der Waals surface area contributed by atoms with Crippen LogP contribution >= 0.6 is 0 Å². The monoisotopic (exact) mass is 380 g/mol. The van der Waals surface area contributed by atoms with Crippen LogP contribution < -0.4 is 5.73 Å². The third-order valence-corrected chi connectivity index (χ3v) is 5.41. The van der Waals surface area contributed by atoms with Crippen molar-refractivity contribution in [1.82, 2.24) is 4.31 Å². The lowest BCUT2D eigenvalue weighted by Crippen LogP contribution is -2.51. The third kappa shape index (κ3) is 8.99. The quantitative estimate of drug-likeness (QED) is 0.644. The highest BCUT2D eigenvalue weighted by Crippen LogP contribution is 2.25. The Hall–Kier alpha value is -0.700. The number of sulfonamides is 1. The highest BCUT2D eigenvalue weighted by atomic mass is 32.2. The summed E-state index contributed by atoms with van der Waals surface area (Å²) in [6.07, 6.45) is 0.412. The van der Waals surface area contributed by atoms with Crippen molar-refractivity contribution in [3.05, 3.63) is 0 Å². The molecule has 0 fully saturated rings. The number of hydrogen-bond acceptors (Lipinski definition) is 6. The maximum Gasteiger partial charge on any atom is 0.322 e. The number of carbonyl (C=O) groups excluding carboxylic acids is 1. The van der Waals surface area contributed by atoms with E-state index in [0.29, 0.717) is 0 Å². The Balaban J connectivity index is 5.38. The van der Waals surface area contributed by atoms with Crippen molar-refractivity contribution in [3.63, 3.8) is 0 Å². The molecule has 8 heteroatoms. The Morgan fingerprint density at radius 3 is 1.92 bits per heavy atom. The molecule has 0 saturated heterocycles. The molecule has 0 aliphatic rings. The average molecular weight is 381 g/mol. The summed E-state index contributed by atoms with van der Waals surface area (Å²) in [4.78, 5) is 11.7. The topological polar surface area (TPSA) is 98.9 Å². The second-order valence-corrected chi connectivity index (χ2v) is 10.6. The molecule has 0 aliphatic heterocycles. The number of nitrogens with two attached hydrogens (primary N) is 1. The summed E-state index contributed by atoms with van der Waals surface area (Å²) in [5.74, 6) is -0.543. The first-order valence-corrected chi connectivity index (χ1v) is 10.4. The van der Waals surface area contributed by atoms with Crippen molar-refractivity contribution in [3.8, 4) is 0 Å². The highest BCUT2D eigenvalue weighted by Gasteiger charge is 2.34. The molecule has 150 valence electrons. The van der Waals surface area contributed by atoms with Crippen molar-refractivity contribution in [1.29, 1.82) is 0 Å². The molecule has 0 aromatic rings. The van der Waals surface area contributed by atoms with E-state index in [4.69, 9.17) is 15.2 Å². The molecule has 0 radical (unpaired) electrons. The van der Waals surface area contributed by atoms with Crippen LogP contribution in [0.1, 0.15) is 55.4 Å². The first-order chi connectivity index (χ1) is 11.0. The van der Waals surface area contributed by atoms with Gasteiger partial charge >= 0.3 is 5.97 Å². The average Bonchev–Trinajstić information content (AvgIpc) is 2.36. The summed E-state index contributed by atoms with van der Waals surface area (Å²) in [5, 5.41) is 0. The zero-order valence-corrected chi connectivity index (χ0v) is 17.9. The number of nitrogens with zero attached hydrogens (tertiary/aromatic N) is 1. The normalized spacial score (nSPS) is 17.2. The van der Waals surface area contributed by atoms with E-state index < -0.39 is 33.7 Å². The lowest BCUT2D eigenvalue weighted by Gasteiger charge is -2.38. The minimum atomic E-state index is -3.46. The summed E-state index contributed by atoms with van der Waals surface area (Å²) in [6.45, 7) is 15.0. The van der Waals surface area contributed by atoms with Crippen molar-refractivity contribution in [2.24, 2.45) is 11.1 Å². The predicted molar refractivity (Wildman–Crippen MR) is 99.7 cm³/mol. The Kier molecular flexibility index (Phi) is 8.55. The molecule has 0 rings (SSSR count). The molecule has 0 saturated carbocycles. The summed E-state index contributed by atoms with van der Waals surface area (Å²) >= 11 is 0. The van der Waals surface area contributed by atoms with Crippen molar-refractivity contribution < 1.29 is 22.7 Å². The van der Waals surface area contributed by atoms with Crippen LogP contribution in [0.2, 0.25) is 0 Å². The van der Waals surface area contributed by atoms with Crippen LogP contribution in [0.3, 0.4) is 0 Å². The largest absolute Gasteiger partial charge is 0.462 e. The van der Waals surface area contributed by atoms with Gasteiger partial charge in [-0.05, 0) is 40.0 Å². The zero-order chi connectivity index (χ0) is 20.2. The fourth-order valence-electron chi connectivity index (χ4n) is 2.03. The fourth-order valence-corrected chi connectivity index (χ4v) is 3.46. The minimum Gasteiger partial charge on any atom is -0.462 e. The number of rotatable bonds is 8. The lowest BCUT2D eigenvalue weighted by atomic mass is 9.90. The Bertz CT molecular complexity index is 532. The molecule has 3 atom stereocenters. The first kappa shape index (κ1) is 24.3. The molecule has 0 spiro atoms. The summed E-state index contributed by atoms with van der Waals surface area (Å²) in [5.41, 5.74) is 4.75. The maximum absolute atomic E-state index is 12.2. The van der Waals surface area contributed by atoms with E-state index in [1.165, 1.54) is 11.2 Å². The molecule has 2 N–H and O–H groups in total. The number of esters is 1. The molecule has 0 unspecified atom stereocenters. The highest BCUT2D eigenvalue weighted by molar-refractivity contribution is 7.88. The number of hydrogen-bond donors (Lipinski definition) is 1. The molecular weight excluding hydrogens is 344 g/mol. The first-order valence-electron chi connectivity index (χ1n) is 8.51. The van der Waals surface area contributed by atoms with Gasteiger partial charge in [0.05, 0.1) is 12.4 Å². The third-order valence-electron chi connectivity index (χ3n) is 3.92. The maximum atomic E-state index is 12.2. The predicted octanol–water partition coefficient (Wildman–Crippen LogP) is 1.76. The van der Waals surface area contributed by atoms with Gasteiger partial charge in [-0.2, -0.15) is 4.31 Å². The van der Waals surface area contributed by atoms with Crippen molar-refractivity contribution in [2.75, 3.05) is 19.4 Å². The van der Waals surface area contributed by atoms with Crippen LogP contribution in [0.5, 0.6) is 0 Å². The van der Waals surface area contributed by atoms with E-state index in [9.17, 15) is 13.2 Å². The van der Waals surface area contributed by atoms with Crippen LogP contribution in [-0.2, 0) is 24.3 Å². The van der Waals surface area contributed by atoms with Crippen LogP contribution in [-0.4, -0.2) is 61.9 Å². The molecule has 7 nitrogen and oxygen atoms in total. The molecule has 0 aliphatic carbocycles. The van der Waals surface area contributed by atoms with E-state index >= 15 is 0 Å². The van der Waals surface area contributed by atoms with Crippen molar-refractivity contribution >= 4 is 16.0 Å². The second-order valence-electron chi connectivity index (χ2n) is 8.65. The van der Waals surface area contributed by atoms with Gasteiger partial charge in [-0.25, -0.2) is 8.42 Å². The minimum absolute atomic E-state index is 0.0527. The smallest absolute Gasteiger partial charge is 0.322 e. The Morgan fingerprint density at radius 2 is 1.60 bits per heavy atom. The number of carbonyl (C=O) groups is 1. The van der Waals surface area contributed by atoms with E-state index in [1.54, 1.807) is 0 Å². The van der Waals surface area contributed by atoms with Gasteiger partial charge in [0, 0.05) is 12.1 Å².